The fraction of sp³-hybridized carbons (Fsp3) is 0.182. The second-order valence-corrected chi connectivity index (χ2v) is 4.23. The Morgan fingerprint density at radius 2 is 2.07 bits per heavy atom. The summed E-state index contributed by atoms with van der Waals surface area (Å²) in [5.74, 6) is -1.66. The molecule has 4 heteroatoms. The van der Waals surface area contributed by atoms with Crippen molar-refractivity contribution in [3.63, 3.8) is 0 Å². The van der Waals surface area contributed by atoms with Crippen LogP contribution in [0.25, 0.3) is 10.6 Å². The van der Waals surface area contributed by atoms with Crippen LogP contribution >= 0.6 is 11.3 Å². The summed E-state index contributed by atoms with van der Waals surface area (Å²) in [6, 6.07) is 3.84. The first kappa shape index (κ1) is 10.2. The number of benzene rings is 1. The van der Waals surface area contributed by atoms with Crippen molar-refractivity contribution in [1.29, 1.82) is 0 Å². The summed E-state index contributed by atoms with van der Waals surface area (Å²) >= 11 is 1.50. The zero-order chi connectivity index (χ0) is 10.8. The third-order valence-corrected chi connectivity index (χ3v) is 3.26. The van der Waals surface area contributed by atoms with Crippen LogP contribution in [0, 0.1) is 11.6 Å². The smallest absolute Gasteiger partial charge is 0.159 e. The number of hydrogen-bond donors (Lipinski definition) is 0. The highest BCUT2D eigenvalue weighted by Crippen LogP contribution is 2.26. The molecule has 1 aromatic heterocycles. The Morgan fingerprint density at radius 3 is 2.67 bits per heavy atom. The van der Waals surface area contributed by atoms with Crippen molar-refractivity contribution in [2.45, 2.75) is 13.3 Å². The van der Waals surface area contributed by atoms with Gasteiger partial charge in [0.25, 0.3) is 0 Å². The maximum Gasteiger partial charge on any atom is 0.159 e. The van der Waals surface area contributed by atoms with Gasteiger partial charge in [-0.15, -0.1) is 11.3 Å². The summed E-state index contributed by atoms with van der Waals surface area (Å²) < 4.78 is 25.6. The van der Waals surface area contributed by atoms with E-state index in [1.807, 2.05) is 6.92 Å². The third kappa shape index (κ3) is 2.04. The molecule has 0 atom stereocenters. The maximum absolute atomic E-state index is 13.0. The molecule has 0 saturated carbocycles. The molecular weight excluding hydrogens is 216 g/mol. The van der Waals surface area contributed by atoms with Gasteiger partial charge in [-0.2, -0.15) is 0 Å². The van der Waals surface area contributed by atoms with Crippen molar-refractivity contribution in [3.8, 4) is 10.6 Å². The minimum atomic E-state index is -0.833. The molecule has 78 valence electrons. The monoisotopic (exact) mass is 225 g/mol. The van der Waals surface area contributed by atoms with Crippen LogP contribution in [0.4, 0.5) is 8.78 Å². The lowest BCUT2D eigenvalue weighted by Gasteiger charge is -1.96. The minimum absolute atomic E-state index is 0.624. The van der Waals surface area contributed by atoms with Crippen LogP contribution < -0.4 is 0 Å². The lowest BCUT2D eigenvalue weighted by Crippen LogP contribution is -1.84. The topological polar surface area (TPSA) is 12.9 Å². The van der Waals surface area contributed by atoms with Crippen molar-refractivity contribution >= 4 is 11.3 Å². The Labute approximate surface area is 90.4 Å². The van der Waals surface area contributed by atoms with E-state index >= 15 is 0 Å². The highest BCUT2D eigenvalue weighted by Gasteiger charge is 2.07. The van der Waals surface area contributed by atoms with E-state index in [9.17, 15) is 8.78 Å². The normalized spacial score (nSPS) is 10.6. The van der Waals surface area contributed by atoms with E-state index < -0.39 is 11.6 Å². The lowest BCUT2D eigenvalue weighted by atomic mass is 10.2. The Kier molecular flexibility index (Phi) is 2.77. The van der Waals surface area contributed by atoms with Gasteiger partial charge in [0.15, 0.2) is 11.6 Å². The molecule has 0 radical (unpaired) electrons. The van der Waals surface area contributed by atoms with Crippen molar-refractivity contribution in [3.05, 3.63) is 40.9 Å². The van der Waals surface area contributed by atoms with Crippen LogP contribution in [-0.4, -0.2) is 4.98 Å². The molecular formula is C11H9F2NS. The van der Waals surface area contributed by atoms with E-state index in [1.54, 1.807) is 6.20 Å². The van der Waals surface area contributed by atoms with Crippen LogP contribution in [0.15, 0.2) is 24.4 Å². The fourth-order valence-corrected chi connectivity index (χ4v) is 2.08. The van der Waals surface area contributed by atoms with Gasteiger partial charge in [-0.25, -0.2) is 13.8 Å². The largest absolute Gasteiger partial charge is 0.244 e. The average Bonchev–Trinajstić information content (AvgIpc) is 2.70. The third-order valence-electron chi connectivity index (χ3n) is 2.07. The molecule has 0 N–H and O–H groups in total. The summed E-state index contributed by atoms with van der Waals surface area (Å²) in [6.45, 7) is 2.03. The molecule has 2 rings (SSSR count). The maximum atomic E-state index is 13.0. The van der Waals surface area contributed by atoms with Crippen molar-refractivity contribution < 1.29 is 8.78 Å². The summed E-state index contributed by atoms with van der Waals surface area (Å²) in [5, 5.41) is 0.728. The standard InChI is InChI=1S/C11H9F2NS/c1-2-8-6-14-11(15-8)7-3-4-9(12)10(13)5-7/h3-6H,2H2,1H3. The number of hydrogen-bond acceptors (Lipinski definition) is 2. The molecule has 2 aromatic rings. The van der Waals surface area contributed by atoms with E-state index in [1.165, 1.54) is 23.5 Å². The molecule has 0 unspecified atom stereocenters. The van der Waals surface area contributed by atoms with Gasteiger partial charge >= 0.3 is 0 Å². The van der Waals surface area contributed by atoms with Crippen LogP contribution in [0.1, 0.15) is 11.8 Å². The van der Waals surface area contributed by atoms with Crippen LogP contribution in [-0.2, 0) is 6.42 Å². The zero-order valence-corrected chi connectivity index (χ0v) is 8.94. The van der Waals surface area contributed by atoms with Gasteiger partial charge in [0.2, 0.25) is 0 Å². The average molecular weight is 225 g/mol. The van der Waals surface area contributed by atoms with Crippen molar-refractivity contribution in [1.82, 2.24) is 4.98 Å². The molecule has 0 spiro atoms. The molecule has 15 heavy (non-hydrogen) atoms. The summed E-state index contributed by atoms with van der Waals surface area (Å²) in [5.41, 5.74) is 0.624. The van der Waals surface area contributed by atoms with E-state index in [-0.39, 0.29) is 0 Å². The number of aromatic nitrogens is 1. The summed E-state index contributed by atoms with van der Waals surface area (Å²) in [7, 11) is 0. The molecule has 0 bridgehead atoms. The first-order valence-corrected chi connectivity index (χ1v) is 5.42. The quantitative estimate of drug-likeness (QED) is 0.760. The van der Waals surface area contributed by atoms with Gasteiger partial charge in [-0.3, -0.25) is 0 Å². The lowest BCUT2D eigenvalue weighted by molar-refractivity contribution is 0.509. The number of rotatable bonds is 2. The number of halogens is 2. The highest BCUT2D eigenvalue weighted by atomic mass is 32.1. The summed E-state index contributed by atoms with van der Waals surface area (Å²) in [6.07, 6.45) is 2.67. The number of thiazole rings is 1. The SMILES string of the molecule is CCc1cnc(-c2ccc(F)c(F)c2)s1. The highest BCUT2D eigenvalue weighted by molar-refractivity contribution is 7.15. The molecule has 1 aromatic carbocycles. The predicted octanol–water partition coefficient (Wildman–Crippen LogP) is 3.65. The van der Waals surface area contributed by atoms with E-state index in [2.05, 4.69) is 4.98 Å². The Bertz CT molecular complexity index is 479. The second-order valence-electron chi connectivity index (χ2n) is 3.11. The van der Waals surface area contributed by atoms with Crippen LogP contribution in [0.5, 0.6) is 0 Å². The van der Waals surface area contributed by atoms with Gasteiger partial charge in [-0.05, 0) is 24.6 Å². The minimum Gasteiger partial charge on any atom is -0.244 e. The van der Waals surface area contributed by atoms with Crippen molar-refractivity contribution in [2.75, 3.05) is 0 Å². The van der Waals surface area contributed by atoms with E-state index in [0.29, 0.717) is 5.56 Å². The van der Waals surface area contributed by atoms with Gasteiger partial charge < -0.3 is 0 Å². The zero-order valence-electron chi connectivity index (χ0n) is 8.13. The molecule has 0 aliphatic carbocycles. The predicted molar refractivity (Wildman–Crippen MR) is 56.8 cm³/mol. The Hall–Kier alpha value is -1.29. The number of nitrogens with zero attached hydrogens (tertiary/aromatic N) is 1. The Balaban J connectivity index is 2.40. The van der Waals surface area contributed by atoms with E-state index in [4.69, 9.17) is 0 Å². The van der Waals surface area contributed by atoms with Gasteiger partial charge in [0.1, 0.15) is 5.01 Å². The van der Waals surface area contributed by atoms with Crippen LogP contribution in [0.3, 0.4) is 0 Å². The molecule has 0 fully saturated rings. The van der Waals surface area contributed by atoms with Crippen molar-refractivity contribution in [2.24, 2.45) is 0 Å². The first-order valence-electron chi connectivity index (χ1n) is 4.61. The molecule has 0 amide bonds. The first-order chi connectivity index (χ1) is 7.20. The molecule has 1 heterocycles. The van der Waals surface area contributed by atoms with Crippen LogP contribution in [0.2, 0.25) is 0 Å². The molecule has 0 saturated heterocycles. The second kappa shape index (κ2) is 4.06. The summed E-state index contributed by atoms with van der Waals surface area (Å²) in [4.78, 5) is 5.29. The number of aryl methyl sites for hydroxylation is 1. The van der Waals surface area contributed by atoms with Gasteiger partial charge in [-0.1, -0.05) is 6.92 Å². The molecule has 0 aliphatic heterocycles. The molecule has 1 nitrogen and oxygen atoms in total. The Morgan fingerprint density at radius 1 is 1.27 bits per heavy atom. The van der Waals surface area contributed by atoms with Gasteiger partial charge in [0, 0.05) is 16.6 Å². The van der Waals surface area contributed by atoms with E-state index in [0.717, 1.165) is 22.4 Å². The fourth-order valence-electron chi connectivity index (χ4n) is 1.23. The van der Waals surface area contributed by atoms with Gasteiger partial charge in [0.05, 0.1) is 0 Å². The molecule has 0 aliphatic rings.